The molecule has 0 saturated heterocycles. The first-order chi connectivity index (χ1) is 9.76. The average molecular weight is 300 g/mol. The normalized spacial score (nSPS) is 18.3. The third-order valence-electron chi connectivity index (χ3n) is 3.58. The molecule has 0 aliphatic heterocycles. The zero-order valence-corrected chi connectivity index (χ0v) is 11.4. The van der Waals surface area contributed by atoms with Gasteiger partial charge in [-0.2, -0.15) is 13.2 Å². The van der Waals surface area contributed by atoms with Crippen molar-refractivity contribution in [2.75, 3.05) is 7.11 Å². The molecule has 0 fully saturated rings. The minimum atomic E-state index is -4.84. The van der Waals surface area contributed by atoms with Crippen molar-refractivity contribution in [1.29, 1.82) is 0 Å². The lowest BCUT2D eigenvalue weighted by Gasteiger charge is -2.31. The first-order valence-electron chi connectivity index (χ1n) is 6.42. The van der Waals surface area contributed by atoms with Gasteiger partial charge in [0.1, 0.15) is 5.75 Å². The summed E-state index contributed by atoms with van der Waals surface area (Å²) >= 11 is 0. The number of carbonyl (C=O) groups excluding carboxylic acids is 1. The first kappa shape index (κ1) is 15.6. The first-order valence-corrected chi connectivity index (χ1v) is 6.42. The Labute approximate surface area is 120 Å². The van der Waals surface area contributed by atoms with Crippen LogP contribution in [0.5, 0.6) is 5.75 Å². The number of aliphatic hydroxyl groups is 1. The molecular formula is C15H15F3O3. The van der Waals surface area contributed by atoms with Crippen molar-refractivity contribution >= 4 is 5.78 Å². The Morgan fingerprint density at radius 3 is 2.24 bits per heavy atom. The van der Waals surface area contributed by atoms with Crippen LogP contribution >= 0.6 is 0 Å². The number of halogens is 3. The summed E-state index contributed by atoms with van der Waals surface area (Å²) in [6, 6.07) is 5.09. The lowest BCUT2D eigenvalue weighted by Crippen LogP contribution is -2.42. The maximum atomic E-state index is 13.3. The van der Waals surface area contributed by atoms with E-state index in [0.717, 1.165) is 0 Å². The second-order valence-electron chi connectivity index (χ2n) is 5.03. The molecule has 0 aromatic heterocycles. The Balaban J connectivity index is 2.36. The van der Waals surface area contributed by atoms with Crippen molar-refractivity contribution in [3.8, 4) is 5.75 Å². The predicted molar refractivity (Wildman–Crippen MR) is 69.9 cm³/mol. The van der Waals surface area contributed by atoms with Crippen LogP contribution < -0.4 is 4.74 Å². The van der Waals surface area contributed by atoms with Gasteiger partial charge >= 0.3 is 6.18 Å². The number of rotatable bonds is 4. The Morgan fingerprint density at radius 2 is 1.81 bits per heavy atom. The summed E-state index contributed by atoms with van der Waals surface area (Å²) in [6.45, 7) is 0. The molecule has 1 atom stereocenters. The molecule has 6 heteroatoms. The van der Waals surface area contributed by atoms with Crippen LogP contribution in [-0.2, 0) is 10.4 Å². The van der Waals surface area contributed by atoms with Gasteiger partial charge in [0.05, 0.1) is 7.11 Å². The molecule has 0 bridgehead atoms. The van der Waals surface area contributed by atoms with Gasteiger partial charge in [0.2, 0.25) is 0 Å². The van der Waals surface area contributed by atoms with E-state index in [2.05, 4.69) is 0 Å². The van der Waals surface area contributed by atoms with Crippen molar-refractivity contribution in [3.63, 3.8) is 0 Å². The molecule has 114 valence electrons. The van der Waals surface area contributed by atoms with Crippen LogP contribution in [0.3, 0.4) is 0 Å². The van der Waals surface area contributed by atoms with E-state index >= 15 is 0 Å². The Hall–Kier alpha value is -1.82. The van der Waals surface area contributed by atoms with E-state index in [1.54, 1.807) is 0 Å². The smallest absolute Gasteiger partial charge is 0.421 e. The van der Waals surface area contributed by atoms with Crippen LogP contribution in [-0.4, -0.2) is 24.2 Å². The molecule has 21 heavy (non-hydrogen) atoms. The van der Waals surface area contributed by atoms with E-state index < -0.39 is 18.2 Å². The molecule has 1 aliphatic rings. The van der Waals surface area contributed by atoms with Crippen molar-refractivity contribution in [3.05, 3.63) is 41.5 Å². The van der Waals surface area contributed by atoms with E-state index in [0.29, 0.717) is 11.3 Å². The summed E-state index contributed by atoms with van der Waals surface area (Å²) < 4.78 is 44.9. The molecule has 1 aromatic rings. The van der Waals surface area contributed by atoms with Gasteiger partial charge in [0.25, 0.3) is 0 Å². The molecule has 2 rings (SSSR count). The van der Waals surface area contributed by atoms with Crippen LogP contribution in [0.1, 0.15) is 24.8 Å². The van der Waals surface area contributed by atoms with E-state index in [1.807, 2.05) is 0 Å². The van der Waals surface area contributed by atoms with Gasteiger partial charge in [-0.1, -0.05) is 17.7 Å². The fraction of sp³-hybridized carbons (Fsp3) is 0.400. The number of hydrogen-bond donors (Lipinski definition) is 1. The van der Waals surface area contributed by atoms with Crippen LogP contribution in [0.25, 0.3) is 0 Å². The second-order valence-corrected chi connectivity index (χ2v) is 5.03. The fourth-order valence-corrected chi connectivity index (χ4v) is 2.36. The van der Waals surface area contributed by atoms with Gasteiger partial charge in [0.15, 0.2) is 11.4 Å². The number of hydrogen-bond acceptors (Lipinski definition) is 3. The molecule has 0 radical (unpaired) electrons. The maximum absolute atomic E-state index is 13.3. The number of alkyl halides is 3. The van der Waals surface area contributed by atoms with E-state index in [9.17, 15) is 23.1 Å². The van der Waals surface area contributed by atoms with Gasteiger partial charge in [-0.05, 0) is 30.2 Å². The summed E-state index contributed by atoms with van der Waals surface area (Å²) in [5.74, 6) is 0.197. The van der Waals surface area contributed by atoms with Gasteiger partial charge < -0.3 is 9.84 Å². The number of allylic oxidation sites excluding steroid dienone is 1. The highest BCUT2D eigenvalue weighted by molar-refractivity contribution is 5.92. The Kier molecular flexibility index (Phi) is 4.09. The average Bonchev–Trinajstić information content (AvgIpc) is 2.82. The van der Waals surface area contributed by atoms with Crippen LogP contribution in [0.2, 0.25) is 0 Å². The van der Waals surface area contributed by atoms with E-state index in [4.69, 9.17) is 4.74 Å². The number of carbonyl (C=O) groups is 1. The molecule has 0 saturated carbocycles. The summed E-state index contributed by atoms with van der Waals surface area (Å²) in [5, 5.41) is 10.2. The van der Waals surface area contributed by atoms with Crippen molar-refractivity contribution < 1.29 is 27.8 Å². The lowest BCUT2D eigenvalue weighted by molar-refractivity contribution is -0.266. The molecular weight excluding hydrogens is 285 g/mol. The van der Waals surface area contributed by atoms with E-state index in [1.165, 1.54) is 37.5 Å². The van der Waals surface area contributed by atoms with Gasteiger partial charge in [-0.3, -0.25) is 4.79 Å². The second kappa shape index (κ2) is 5.52. The molecule has 0 spiro atoms. The highest BCUT2D eigenvalue weighted by atomic mass is 19.4. The van der Waals surface area contributed by atoms with Gasteiger partial charge in [-0.25, -0.2) is 0 Å². The summed E-state index contributed by atoms with van der Waals surface area (Å²) in [7, 11) is 1.40. The lowest BCUT2D eigenvalue weighted by atomic mass is 9.86. The van der Waals surface area contributed by atoms with Gasteiger partial charge in [0, 0.05) is 12.8 Å². The Bertz CT molecular complexity index is 561. The maximum Gasteiger partial charge on any atom is 0.421 e. The molecule has 1 aliphatic carbocycles. The SMILES string of the molecule is COc1ccc([C@](O)(CC2=CC(=O)CC2)C(F)(F)F)cc1. The molecule has 1 aromatic carbocycles. The molecule has 3 nitrogen and oxygen atoms in total. The Morgan fingerprint density at radius 1 is 1.19 bits per heavy atom. The van der Waals surface area contributed by atoms with Crippen molar-refractivity contribution in [1.82, 2.24) is 0 Å². The summed E-state index contributed by atoms with van der Waals surface area (Å²) in [6.07, 6.45) is -3.82. The third-order valence-corrected chi connectivity index (χ3v) is 3.58. The molecule has 0 unspecified atom stereocenters. The van der Waals surface area contributed by atoms with E-state index in [-0.39, 0.29) is 24.2 Å². The van der Waals surface area contributed by atoms with Crippen LogP contribution in [0.15, 0.2) is 35.9 Å². The zero-order chi connectivity index (χ0) is 15.7. The predicted octanol–water partition coefficient (Wildman–Crippen LogP) is 3.12. The highest BCUT2D eigenvalue weighted by Crippen LogP contribution is 2.44. The quantitative estimate of drug-likeness (QED) is 0.929. The zero-order valence-electron chi connectivity index (χ0n) is 11.4. The standard InChI is InChI=1S/C15H15F3O3/c1-21-13-6-3-11(4-7-13)14(20,15(16,17)18)9-10-2-5-12(19)8-10/h3-4,6-8,20H,2,5,9H2,1H3/t14-/m1/s1. The number of ketones is 1. The fourth-order valence-electron chi connectivity index (χ4n) is 2.36. The topological polar surface area (TPSA) is 46.5 Å². The summed E-state index contributed by atoms with van der Waals surface area (Å²) in [4.78, 5) is 11.2. The largest absolute Gasteiger partial charge is 0.497 e. The molecule has 1 N–H and O–H groups in total. The van der Waals surface area contributed by atoms with Crippen LogP contribution in [0, 0.1) is 0 Å². The van der Waals surface area contributed by atoms with Crippen LogP contribution in [0.4, 0.5) is 13.2 Å². The minimum absolute atomic E-state index is 0.200. The minimum Gasteiger partial charge on any atom is -0.497 e. The molecule has 0 heterocycles. The van der Waals surface area contributed by atoms with Crippen molar-refractivity contribution in [2.24, 2.45) is 0 Å². The monoisotopic (exact) mass is 300 g/mol. The molecule has 0 amide bonds. The number of ether oxygens (including phenoxy) is 1. The van der Waals surface area contributed by atoms with Gasteiger partial charge in [-0.15, -0.1) is 0 Å². The number of benzene rings is 1. The highest BCUT2D eigenvalue weighted by Gasteiger charge is 2.55. The number of methoxy groups -OCH3 is 1. The van der Waals surface area contributed by atoms with Crippen molar-refractivity contribution in [2.45, 2.75) is 31.0 Å². The third kappa shape index (κ3) is 3.10. The summed E-state index contributed by atoms with van der Waals surface area (Å²) in [5.41, 5.74) is -2.96.